The second-order valence-corrected chi connectivity index (χ2v) is 4.32. The maximum atomic E-state index is 11.9. The van der Waals surface area contributed by atoms with Gasteiger partial charge in [-0.15, -0.1) is 0 Å². The molecule has 1 heterocycles. The van der Waals surface area contributed by atoms with Crippen LogP contribution in [-0.4, -0.2) is 22.7 Å². The monoisotopic (exact) mass is 296 g/mol. The number of nitrogens with one attached hydrogen (secondary N) is 1. The van der Waals surface area contributed by atoms with E-state index in [1.165, 1.54) is 12.1 Å². The Morgan fingerprint density at radius 1 is 1.09 bits per heavy atom. The van der Waals surface area contributed by atoms with Crippen LogP contribution in [0.1, 0.15) is 29.8 Å². The van der Waals surface area contributed by atoms with E-state index < -0.39 is 5.97 Å². The zero-order valence-electron chi connectivity index (χ0n) is 12.3. The Bertz CT molecular complexity index is 751. The predicted octanol–water partition coefficient (Wildman–Crippen LogP) is 3.48. The van der Waals surface area contributed by atoms with E-state index in [-0.39, 0.29) is 11.5 Å². The van der Waals surface area contributed by atoms with Crippen molar-refractivity contribution >= 4 is 29.0 Å². The van der Waals surface area contributed by atoms with E-state index in [0.717, 1.165) is 5.56 Å². The quantitative estimate of drug-likeness (QED) is 0.890. The summed E-state index contributed by atoms with van der Waals surface area (Å²) < 4.78 is 0. The Kier molecular flexibility index (Phi) is 4.68. The van der Waals surface area contributed by atoms with Crippen LogP contribution in [0.4, 0.5) is 11.4 Å². The average molecular weight is 296 g/mol. The molecule has 0 saturated heterocycles. The summed E-state index contributed by atoms with van der Waals surface area (Å²) in [4.78, 5) is 27.1. The van der Waals surface area contributed by atoms with Gasteiger partial charge in [-0.2, -0.15) is 0 Å². The minimum absolute atomic E-state index is 0.138. The van der Waals surface area contributed by atoms with Crippen LogP contribution in [0.15, 0.2) is 53.5 Å². The van der Waals surface area contributed by atoms with E-state index in [9.17, 15) is 9.59 Å². The second kappa shape index (κ2) is 6.67. The van der Waals surface area contributed by atoms with E-state index in [1.54, 1.807) is 24.3 Å². The number of aliphatic imine (C=N–C) groups is 1. The van der Waals surface area contributed by atoms with Crippen molar-refractivity contribution in [3.63, 3.8) is 0 Å². The van der Waals surface area contributed by atoms with E-state index in [4.69, 9.17) is 5.11 Å². The summed E-state index contributed by atoms with van der Waals surface area (Å²) in [5.41, 5.74) is 2.30. The number of anilines is 1. The number of carboxylic acids is 1. The Hall–Kier alpha value is -2.95. The number of nitrogens with zero attached hydrogens (tertiary/aromatic N) is 1. The third kappa shape index (κ3) is 3.03. The second-order valence-electron chi connectivity index (χ2n) is 4.32. The molecule has 5 nitrogen and oxygen atoms in total. The van der Waals surface area contributed by atoms with Gasteiger partial charge in [0.05, 0.1) is 16.9 Å². The highest BCUT2D eigenvalue weighted by atomic mass is 16.4. The van der Waals surface area contributed by atoms with Gasteiger partial charge in [-0.25, -0.2) is 9.79 Å². The van der Waals surface area contributed by atoms with Gasteiger partial charge in [0.25, 0.3) is 5.91 Å². The van der Waals surface area contributed by atoms with Gasteiger partial charge < -0.3 is 10.4 Å². The van der Waals surface area contributed by atoms with Crippen molar-refractivity contribution in [2.75, 3.05) is 5.32 Å². The SMILES string of the molecule is CC.O=C1Nc2ccccc2C1=Nc1cccc(C(=O)O)c1. The fourth-order valence-corrected chi connectivity index (χ4v) is 2.05. The standard InChI is InChI=1S/C15H10N2O3.C2H6/c18-14-13(11-6-1-2-7-12(11)17-14)16-10-5-3-4-9(8-10)15(19)20;1-2/h1-8H,(H,19,20)(H,16,17,18);1-2H3. The molecule has 22 heavy (non-hydrogen) atoms. The number of para-hydroxylation sites is 1. The van der Waals surface area contributed by atoms with Crippen LogP contribution in [0.5, 0.6) is 0 Å². The molecule has 2 aromatic carbocycles. The maximum Gasteiger partial charge on any atom is 0.335 e. The van der Waals surface area contributed by atoms with E-state index >= 15 is 0 Å². The Morgan fingerprint density at radius 3 is 2.55 bits per heavy atom. The van der Waals surface area contributed by atoms with Crippen LogP contribution in [0, 0.1) is 0 Å². The number of aromatic carboxylic acids is 1. The third-order valence-electron chi connectivity index (χ3n) is 2.98. The summed E-state index contributed by atoms with van der Waals surface area (Å²) >= 11 is 0. The van der Waals surface area contributed by atoms with Crippen molar-refractivity contribution in [1.29, 1.82) is 0 Å². The first-order valence-corrected chi connectivity index (χ1v) is 6.98. The molecule has 112 valence electrons. The lowest BCUT2D eigenvalue weighted by Gasteiger charge is -1.99. The van der Waals surface area contributed by atoms with E-state index in [2.05, 4.69) is 10.3 Å². The fraction of sp³-hybridized carbons (Fsp3) is 0.118. The van der Waals surface area contributed by atoms with Gasteiger partial charge in [-0.1, -0.05) is 38.1 Å². The van der Waals surface area contributed by atoms with Gasteiger partial charge in [0.1, 0.15) is 5.71 Å². The van der Waals surface area contributed by atoms with Gasteiger partial charge in [-0.3, -0.25) is 4.79 Å². The summed E-state index contributed by atoms with van der Waals surface area (Å²) in [7, 11) is 0. The average Bonchev–Trinajstić information content (AvgIpc) is 2.86. The van der Waals surface area contributed by atoms with Crippen molar-refractivity contribution in [3.05, 3.63) is 59.7 Å². The number of amides is 1. The molecule has 0 fully saturated rings. The number of benzene rings is 2. The molecule has 0 aromatic heterocycles. The lowest BCUT2D eigenvalue weighted by Crippen LogP contribution is -2.13. The highest BCUT2D eigenvalue weighted by molar-refractivity contribution is 6.54. The molecule has 1 amide bonds. The predicted molar refractivity (Wildman–Crippen MR) is 86.0 cm³/mol. The van der Waals surface area contributed by atoms with Crippen LogP contribution < -0.4 is 5.32 Å². The third-order valence-corrected chi connectivity index (χ3v) is 2.98. The number of hydrogen-bond donors (Lipinski definition) is 2. The number of carbonyl (C=O) groups excluding carboxylic acids is 1. The van der Waals surface area contributed by atoms with Crippen LogP contribution in [0.3, 0.4) is 0 Å². The summed E-state index contributed by atoms with van der Waals surface area (Å²) in [6.45, 7) is 4.00. The molecule has 0 radical (unpaired) electrons. The Balaban J connectivity index is 0.000000847. The Labute approximate surface area is 128 Å². The number of fused-ring (bicyclic) bond motifs is 1. The first-order chi connectivity index (χ1) is 10.6. The molecule has 0 saturated carbocycles. The molecule has 5 heteroatoms. The highest BCUT2D eigenvalue weighted by Gasteiger charge is 2.25. The lowest BCUT2D eigenvalue weighted by atomic mass is 10.1. The molecule has 1 aliphatic rings. The van der Waals surface area contributed by atoms with E-state index in [1.807, 2.05) is 26.0 Å². The highest BCUT2D eigenvalue weighted by Crippen LogP contribution is 2.25. The van der Waals surface area contributed by atoms with Crippen LogP contribution in [-0.2, 0) is 4.79 Å². The summed E-state index contributed by atoms with van der Waals surface area (Å²) in [5.74, 6) is -1.31. The number of carbonyl (C=O) groups is 2. The molecule has 0 aliphatic carbocycles. The molecular weight excluding hydrogens is 280 g/mol. The van der Waals surface area contributed by atoms with Gasteiger partial charge in [0.15, 0.2) is 0 Å². The normalized spacial score (nSPS) is 13.9. The minimum atomic E-state index is -1.02. The smallest absolute Gasteiger partial charge is 0.335 e. The summed E-state index contributed by atoms with van der Waals surface area (Å²) in [6.07, 6.45) is 0. The summed E-state index contributed by atoms with van der Waals surface area (Å²) in [6, 6.07) is 13.4. The Morgan fingerprint density at radius 2 is 1.82 bits per heavy atom. The van der Waals surface area contributed by atoms with Crippen molar-refractivity contribution in [2.45, 2.75) is 13.8 Å². The van der Waals surface area contributed by atoms with Crippen molar-refractivity contribution in [1.82, 2.24) is 0 Å². The molecule has 0 spiro atoms. The molecular formula is C17H16N2O3. The van der Waals surface area contributed by atoms with Crippen LogP contribution >= 0.6 is 0 Å². The molecule has 2 aromatic rings. The number of rotatable bonds is 2. The largest absolute Gasteiger partial charge is 0.478 e. The number of carboxylic acid groups (broad SMARTS) is 1. The van der Waals surface area contributed by atoms with E-state index in [0.29, 0.717) is 17.1 Å². The number of hydrogen-bond acceptors (Lipinski definition) is 3. The molecule has 1 aliphatic heterocycles. The molecule has 2 N–H and O–H groups in total. The molecule has 0 unspecified atom stereocenters. The van der Waals surface area contributed by atoms with Crippen molar-refractivity contribution in [3.8, 4) is 0 Å². The molecule has 0 atom stereocenters. The zero-order valence-corrected chi connectivity index (χ0v) is 12.3. The topological polar surface area (TPSA) is 78.8 Å². The van der Waals surface area contributed by atoms with Gasteiger partial charge in [0.2, 0.25) is 0 Å². The lowest BCUT2D eigenvalue weighted by molar-refractivity contribution is -0.110. The summed E-state index contributed by atoms with van der Waals surface area (Å²) in [5, 5.41) is 11.7. The fourth-order valence-electron chi connectivity index (χ4n) is 2.05. The van der Waals surface area contributed by atoms with Gasteiger partial charge in [-0.05, 0) is 24.3 Å². The van der Waals surface area contributed by atoms with Crippen LogP contribution in [0.2, 0.25) is 0 Å². The molecule has 3 rings (SSSR count). The van der Waals surface area contributed by atoms with Gasteiger partial charge in [0, 0.05) is 5.56 Å². The maximum absolute atomic E-state index is 11.9. The first-order valence-electron chi connectivity index (χ1n) is 6.98. The minimum Gasteiger partial charge on any atom is -0.478 e. The zero-order chi connectivity index (χ0) is 16.1. The first kappa shape index (κ1) is 15.4. The van der Waals surface area contributed by atoms with Crippen molar-refractivity contribution < 1.29 is 14.7 Å². The van der Waals surface area contributed by atoms with Crippen molar-refractivity contribution in [2.24, 2.45) is 4.99 Å². The van der Waals surface area contributed by atoms with Crippen LogP contribution in [0.25, 0.3) is 0 Å². The van der Waals surface area contributed by atoms with Gasteiger partial charge >= 0.3 is 5.97 Å². The molecule has 0 bridgehead atoms.